The van der Waals surface area contributed by atoms with Crippen molar-refractivity contribution in [2.75, 3.05) is 11.1 Å². The molecule has 2 aliphatic carbocycles. The van der Waals surface area contributed by atoms with Gasteiger partial charge in [0.05, 0.1) is 9.79 Å². The fourth-order valence-corrected chi connectivity index (χ4v) is 5.15. The number of hydrogen-bond donors (Lipinski definition) is 4. The zero-order valence-corrected chi connectivity index (χ0v) is 18.7. The van der Waals surface area contributed by atoms with Crippen molar-refractivity contribution in [2.24, 2.45) is 0 Å². The molecular formula is C20H26N4O5S2. The first-order valence-corrected chi connectivity index (χ1v) is 12.8. The molecule has 0 saturated heterocycles. The van der Waals surface area contributed by atoms with E-state index in [1.807, 2.05) is 0 Å². The molecule has 0 aliphatic heterocycles. The number of amides is 1. The number of hydrogen-bond acceptors (Lipinski definition) is 6. The summed E-state index contributed by atoms with van der Waals surface area (Å²) in [6.45, 7) is 1.40. The molecule has 2 aromatic rings. The Kier molecular flexibility index (Phi) is 6.99. The van der Waals surface area contributed by atoms with Gasteiger partial charge in [0.15, 0.2) is 0 Å². The van der Waals surface area contributed by atoms with Crippen molar-refractivity contribution in [3.05, 3.63) is 48.5 Å². The van der Waals surface area contributed by atoms with Gasteiger partial charge in [-0.05, 0) is 74.2 Å². The Morgan fingerprint density at radius 2 is 1.16 bits per heavy atom. The van der Waals surface area contributed by atoms with E-state index >= 15 is 0 Å². The summed E-state index contributed by atoms with van der Waals surface area (Å²) < 4.78 is 52.1. The average molecular weight is 467 g/mol. The van der Waals surface area contributed by atoms with E-state index in [1.165, 1.54) is 31.2 Å². The monoisotopic (exact) mass is 466 g/mol. The van der Waals surface area contributed by atoms with Crippen molar-refractivity contribution in [3.63, 3.8) is 0 Å². The lowest BCUT2D eigenvalue weighted by Crippen LogP contribution is -2.25. The van der Waals surface area contributed by atoms with Gasteiger partial charge in [0, 0.05) is 30.4 Å². The Balaban J connectivity index is 0.000000179. The van der Waals surface area contributed by atoms with Gasteiger partial charge in [-0.15, -0.1) is 0 Å². The SMILES string of the molecule is CC(=O)Nc1ccc(S(=O)(=O)NC2CC2)cc1.Nc1ccc(S(=O)(=O)NC2CC2)cc1. The van der Waals surface area contributed by atoms with Crippen LogP contribution in [0.2, 0.25) is 0 Å². The van der Waals surface area contributed by atoms with E-state index in [1.54, 1.807) is 24.3 Å². The molecule has 31 heavy (non-hydrogen) atoms. The second kappa shape index (κ2) is 9.35. The van der Waals surface area contributed by atoms with Gasteiger partial charge < -0.3 is 11.1 Å². The van der Waals surface area contributed by atoms with E-state index in [4.69, 9.17) is 5.73 Å². The predicted octanol–water partition coefficient (Wildman–Crippen LogP) is 1.80. The fourth-order valence-electron chi connectivity index (χ4n) is 2.54. The maximum absolute atomic E-state index is 11.8. The second-order valence-electron chi connectivity index (χ2n) is 7.57. The molecule has 0 aromatic heterocycles. The fraction of sp³-hybridized carbons (Fsp3) is 0.350. The first kappa shape index (κ1) is 23.2. The molecule has 2 saturated carbocycles. The Morgan fingerprint density at radius 3 is 1.52 bits per heavy atom. The number of anilines is 2. The number of nitrogens with one attached hydrogen (secondary N) is 3. The highest BCUT2D eigenvalue weighted by molar-refractivity contribution is 7.89. The molecule has 0 bridgehead atoms. The highest BCUT2D eigenvalue weighted by Crippen LogP contribution is 2.23. The molecule has 0 spiro atoms. The maximum atomic E-state index is 11.8. The van der Waals surface area contributed by atoms with Crippen LogP contribution in [0.5, 0.6) is 0 Å². The molecule has 0 unspecified atom stereocenters. The van der Waals surface area contributed by atoms with Gasteiger partial charge in [0.2, 0.25) is 26.0 Å². The van der Waals surface area contributed by atoms with Crippen molar-refractivity contribution in [1.82, 2.24) is 9.44 Å². The summed E-state index contributed by atoms with van der Waals surface area (Å²) in [6, 6.07) is 12.5. The van der Waals surface area contributed by atoms with Crippen molar-refractivity contribution in [3.8, 4) is 0 Å². The first-order chi connectivity index (χ1) is 14.5. The van der Waals surface area contributed by atoms with Crippen LogP contribution in [0.4, 0.5) is 11.4 Å². The third-order valence-electron chi connectivity index (χ3n) is 4.47. The maximum Gasteiger partial charge on any atom is 0.240 e. The summed E-state index contributed by atoms with van der Waals surface area (Å²) in [6.07, 6.45) is 3.69. The van der Waals surface area contributed by atoms with Crippen molar-refractivity contribution in [1.29, 1.82) is 0 Å². The van der Waals surface area contributed by atoms with Gasteiger partial charge in [-0.2, -0.15) is 0 Å². The van der Waals surface area contributed by atoms with Crippen LogP contribution in [0.1, 0.15) is 32.6 Å². The molecule has 5 N–H and O–H groups in total. The number of nitrogen functional groups attached to an aromatic ring is 1. The Morgan fingerprint density at radius 1 is 0.774 bits per heavy atom. The number of carbonyl (C=O) groups is 1. The number of rotatable bonds is 7. The van der Waals surface area contributed by atoms with Crippen LogP contribution in [0, 0.1) is 0 Å². The van der Waals surface area contributed by atoms with E-state index in [2.05, 4.69) is 14.8 Å². The quantitative estimate of drug-likeness (QED) is 0.457. The van der Waals surface area contributed by atoms with E-state index in [9.17, 15) is 21.6 Å². The Hall–Kier alpha value is -2.47. The summed E-state index contributed by atoms with van der Waals surface area (Å²) in [4.78, 5) is 11.3. The van der Waals surface area contributed by atoms with Crippen LogP contribution in [0.3, 0.4) is 0 Å². The summed E-state index contributed by atoms with van der Waals surface area (Å²) in [5, 5.41) is 2.58. The number of sulfonamides is 2. The Bertz CT molecular complexity index is 1120. The van der Waals surface area contributed by atoms with Gasteiger partial charge in [-0.3, -0.25) is 4.79 Å². The van der Waals surface area contributed by atoms with Crippen molar-refractivity contribution < 1.29 is 21.6 Å². The van der Waals surface area contributed by atoms with Gasteiger partial charge in [0.1, 0.15) is 0 Å². The summed E-state index contributed by atoms with van der Waals surface area (Å²) >= 11 is 0. The molecule has 0 radical (unpaired) electrons. The zero-order valence-electron chi connectivity index (χ0n) is 17.0. The van der Waals surface area contributed by atoms with Crippen LogP contribution in [-0.2, 0) is 24.8 Å². The molecular weight excluding hydrogens is 440 g/mol. The minimum Gasteiger partial charge on any atom is -0.399 e. The van der Waals surface area contributed by atoms with Crippen LogP contribution in [0.25, 0.3) is 0 Å². The molecule has 11 heteroatoms. The highest BCUT2D eigenvalue weighted by Gasteiger charge is 2.28. The van der Waals surface area contributed by atoms with Gasteiger partial charge in [-0.25, -0.2) is 26.3 Å². The topological polar surface area (TPSA) is 147 Å². The first-order valence-electron chi connectivity index (χ1n) is 9.83. The lowest BCUT2D eigenvalue weighted by molar-refractivity contribution is -0.114. The van der Waals surface area contributed by atoms with Crippen LogP contribution in [0.15, 0.2) is 58.3 Å². The van der Waals surface area contributed by atoms with E-state index in [-0.39, 0.29) is 27.8 Å². The molecule has 2 aliphatic rings. The minimum absolute atomic E-state index is 0.0926. The number of carbonyl (C=O) groups excluding carboxylic acids is 1. The largest absolute Gasteiger partial charge is 0.399 e. The highest BCUT2D eigenvalue weighted by atomic mass is 32.2. The summed E-state index contributed by atoms with van der Waals surface area (Å²) in [5.74, 6) is -0.184. The molecule has 4 rings (SSSR count). The molecule has 9 nitrogen and oxygen atoms in total. The predicted molar refractivity (Wildman–Crippen MR) is 118 cm³/mol. The minimum atomic E-state index is -3.40. The average Bonchev–Trinajstić information content (AvgIpc) is 3.60. The Labute approximate surface area is 182 Å². The molecule has 1 amide bonds. The smallest absolute Gasteiger partial charge is 0.240 e. The van der Waals surface area contributed by atoms with E-state index < -0.39 is 20.0 Å². The number of nitrogens with two attached hydrogens (primary N) is 1. The third kappa shape index (κ3) is 7.31. The lowest BCUT2D eigenvalue weighted by atomic mass is 10.3. The lowest BCUT2D eigenvalue weighted by Gasteiger charge is -2.06. The molecule has 2 aromatic carbocycles. The standard InChI is InChI=1S/C11H14N2O3S.C9H12N2O2S/c1-8(14)12-9-4-6-11(7-5-9)17(15,16)13-10-2-3-10;10-7-1-5-9(6-2-7)14(12,13)11-8-3-4-8/h4-7,10,13H,2-3H2,1H3,(H,12,14);1-2,5-6,8,11H,3-4,10H2. The molecule has 168 valence electrons. The molecule has 0 heterocycles. The van der Waals surface area contributed by atoms with E-state index in [0.717, 1.165) is 25.7 Å². The van der Waals surface area contributed by atoms with Crippen molar-refractivity contribution in [2.45, 2.75) is 54.5 Å². The normalized spacial score (nSPS) is 16.2. The van der Waals surface area contributed by atoms with Crippen LogP contribution < -0.4 is 20.5 Å². The zero-order chi connectivity index (χ0) is 22.6. The van der Waals surface area contributed by atoms with E-state index in [0.29, 0.717) is 11.4 Å². The third-order valence-corrected chi connectivity index (χ3v) is 7.55. The summed E-state index contributed by atoms with van der Waals surface area (Å²) in [7, 11) is -6.72. The van der Waals surface area contributed by atoms with Gasteiger partial charge >= 0.3 is 0 Å². The van der Waals surface area contributed by atoms with Crippen LogP contribution in [-0.4, -0.2) is 34.8 Å². The molecule has 0 atom stereocenters. The molecule has 2 fully saturated rings. The van der Waals surface area contributed by atoms with Crippen LogP contribution >= 0.6 is 0 Å². The number of benzene rings is 2. The second-order valence-corrected chi connectivity index (χ2v) is 11.0. The van der Waals surface area contributed by atoms with Gasteiger partial charge in [-0.1, -0.05) is 0 Å². The van der Waals surface area contributed by atoms with Gasteiger partial charge in [0.25, 0.3) is 0 Å². The van der Waals surface area contributed by atoms with Crippen molar-refractivity contribution >= 4 is 37.3 Å². The summed E-state index contributed by atoms with van der Waals surface area (Å²) in [5.41, 5.74) is 6.62.